The number of guanidine groups is 1. The molecule has 0 aromatic rings. The van der Waals surface area contributed by atoms with Crippen molar-refractivity contribution in [1.29, 1.82) is 0 Å². The molecule has 5 nitrogen and oxygen atoms in total. The molecule has 0 aromatic carbocycles. The van der Waals surface area contributed by atoms with Crippen molar-refractivity contribution < 1.29 is 4.79 Å². The van der Waals surface area contributed by atoms with E-state index in [1.54, 1.807) is 7.05 Å². The molecular formula is C13H28N4O. The molecule has 0 saturated carbocycles. The third-order valence-electron chi connectivity index (χ3n) is 2.80. The van der Waals surface area contributed by atoms with Crippen LogP contribution in [0.3, 0.4) is 0 Å². The summed E-state index contributed by atoms with van der Waals surface area (Å²) in [5, 5.41) is 9.27. The van der Waals surface area contributed by atoms with Crippen LogP contribution in [0.5, 0.6) is 0 Å². The quantitative estimate of drug-likeness (QED) is 0.472. The van der Waals surface area contributed by atoms with Gasteiger partial charge in [-0.05, 0) is 19.3 Å². The van der Waals surface area contributed by atoms with Gasteiger partial charge in [-0.25, -0.2) is 0 Å². The fourth-order valence-electron chi connectivity index (χ4n) is 1.22. The van der Waals surface area contributed by atoms with Gasteiger partial charge in [0.1, 0.15) is 0 Å². The first-order valence-electron chi connectivity index (χ1n) is 6.75. The van der Waals surface area contributed by atoms with Gasteiger partial charge in [-0.2, -0.15) is 0 Å². The average molecular weight is 256 g/mol. The van der Waals surface area contributed by atoms with E-state index in [1.165, 1.54) is 0 Å². The zero-order chi connectivity index (χ0) is 14.0. The second kappa shape index (κ2) is 9.74. The van der Waals surface area contributed by atoms with E-state index in [2.05, 4.69) is 41.7 Å². The van der Waals surface area contributed by atoms with Gasteiger partial charge in [0.05, 0.1) is 0 Å². The zero-order valence-corrected chi connectivity index (χ0v) is 12.3. The second-order valence-corrected chi connectivity index (χ2v) is 4.78. The maximum Gasteiger partial charge on any atom is 0.221 e. The molecule has 0 aliphatic rings. The summed E-state index contributed by atoms with van der Waals surface area (Å²) >= 11 is 0. The maximum absolute atomic E-state index is 11.4. The van der Waals surface area contributed by atoms with Crippen molar-refractivity contribution >= 4 is 11.9 Å². The summed E-state index contributed by atoms with van der Waals surface area (Å²) in [4.78, 5) is 15.5. The minimum Gasteiger partial charge on any atom is -0.356 e. The van der Waals surface area contributed by atoms with Crippen molar-refractivity contribution in [1.82, 2.24) is 16.0 Å². The number of hydrogen-bond acceptors (Lipinski definition) is 2. The molecule has 0 aromatic heterocycles. The van der Waals surface area contributed by atoms with Gasteiger partial charge >= 0.3 is 0 Å². The van der Waals surface area contributed by atoms with Gasteiger partial charge in [0.25, 0.3) is 0 Å². The SMILES string of the molecule is CCCNC(=O)CCNC(=NC)NC(C)C(C)C. The van der Waals surface area contributed by atoms with E-state index in [0.29, 0.717) is 24.9 Å². The molecular weight excluding hydrogens is 228 g/mol. The Morgan fingerprint density at radius 1 is 1.17 bits per heavy atom. The van der Waals surface area contributed by atoms with Crippen molar-refractivity contribution in [3.05, 3.63) is 0 Å². The lowest BCUT2D eigenvalue weighted by molar-refractivity contribution is -0.120. The van der Waals surface area contributed by atoms with E-state index in [1.807, 2.05) is 6.92 Å². The van der Waals surface area contributed by atoms with E-state index in [4.69, 9.17) is 0 Å². The summed E-state index contributed by atoms with van der Waals surface area (Å²) in [6, 6.07) is 0.352. The highest BCUT2D eigenvalue weighted by atomic mass is 16.1. The molecule has 3 N–H and O–H groups in total. The minimum atomic E-state index is 0.0803. The Hall–Kier alpha value is -1.26. The molecule has 0 saturated heterocycles. The Morgan fingerprint density at radius 2 is 1.83 bits per heavy atom. The Kier molecular flexibility index (Phi) is 9.06. The predicted molar refractivity (Wildman–Crippen MR) is 76.7 cm³/mol. The number of aliphatic imine (C=N–C) groups is 1. The smallest absolute Gasteiger partial charge is 0.221 e. The lowest BCUT2D eigenvalue weighted by Crippen LogP contribution is -2.45. The standard InChI is InChI=1S/C13H28N4O/c1-6-8-15-12(18)7-9-16-13(14-5)17-11(4)10(2)3/h10-11H,6-9H2,1-5H3,(H,15,18)(H2,14,16,17). The Morgan fingerprint density at radius 3 is 2.33 bits per heavy atom. The monoisotopic (exact) mass is 256 g/mol. The normalized spacial score (nSPS) is 13.3. The van der Waals surface area contributed by atoms with E-state index >= 15 is 0 Å². The van der Waals surface area contributed by atoms with E-state index < -0.39 is 0 Å². The van der Waals surface area contributed by atoms with Crippen LogP contribution in [0.25, 0.3) is 0 Å². The van der Waals surface area contributed by atoms with Crippen LogP contribution in [0.2, 0.25) is 0 Å². The molecule has 18 heavy (non-hydrogen) atoms. The van der Waals surface area contributed by atoms with E-state index in [9.17, 15) is 4.79 Å². The first kappa shape index (κ1) is 16.7. The first-order valence-corrected chi connectivity index (χ1v) is 6.75. The zero-order valence-electron chi connectivity index (χ0n) is 12.3. The van der Waals surface area contributed by atoms with Crippen LogP contribution in [-0.2, 0) is 4.79 Å². The summed E-state index contributed by atoms with van der Waals surface area (Å²) in [5.41, 5.74) is 0. The minimum absolute atomic E-state index is 0.0803. The van der Waals surface area contributed by atoms with Crippen molar-refractivity contribution in [2.24, 2.45) is 10.9 Å². The van der Waals surface area contributed by atoms with Gasteiger partial charge in [0.15, 0.2) is 5.96 Å². The highest BCUT2D eigenvalue weighted by molar-refractivity contribution is 5.81. The third kappa shape index (κ3) is 7.92. The largest absolute Gasteiger partial charge is 0.356 e. The molecule has 1 unspecified atom stereocenters. The van der Waals surface area contributed by atoms with Crippen LogP contribution in [0, 0.1) is 5.92 Å². The number of hydrogen-bond donors (Lipinski definition) is 3. The Labute approximate surface area is 111 Å². The molecule has 0 radical (unpaired) electrons. The van der Waals surface area contributed by atoms with Crippen molar-refractivity contribution in [3.63, 3.8) is 0 Å². The number of amides is 1. The lowest BCUT2D eigenvalue weighted by Gasteiger charge is -2.20. The molecule has 0 aliphatic heterocycles. The van der Waals surface area contributed by atoms with E-state index in [0.717, 1.165) is 18.9 Å². The van der Waals surface area contributed by atoms with Gasteiger partial charge in [-0.1, -0.05) is 20.8 Å². The van der Waals surface area contributed by atoms with Crippen LogP contribution < -0.4 is 16.0 Å². The van der Waals surface area contributed by atoms with Crippen LogP contribution in [0.15, 0.2) is 4.99 Å². The molecule has 0 spiro atoms. The number of carbonyl (C=O) groups is 1. The topological polar surface area (TPSA) is 65.5 Å². The number of nitrogens with zero attached hydrogens (tertiary/aromatic N) is 1. The molecule has 0 rings (SSSR count). The summed E-state index contributed by atoms with van der Waals surface area (Å²) in [6.07, 6.45) is 1.44. The molecule has 0 bridgehead atoms. The van der Waals surface area contributed by atoms with Gasteiger partial charge < -0.3 is 16.0 Å². The molecule has 1 atom stereocenters. The Balaban J connectivity index is 3.85. The summed E-state index contributed by atoms with van der Waals surface area (Å²) < 4.78 is 0. The number of carbonyl (C=O) groups excluding carboxylic acids is 1. The van der Waals surface area contributed by atoms with E-state index in [-0.39, 0.29) is 5.91 Å². The van der Waals surface area contributed by atoms with Crippen LogP contribution in [-0.4, -0.2) is 38.0 Å². The first-order chi connectivity index (χ1) is 8.51. The average Bonchev–Trinajstić information content (AvgIpc) is 2.34. The predicted octanol–water partition coefficient (Wildman–Crippen LogP) is 1.11. The molecule has 0 heterocycles. The second-order valence-electron chi connectivity index (χ2n) is 4.78. The third-order valence-corrected chi connectivity index (χ3v) is 2.80. The van der Waals surface area contributed by atoms with Crippen molar-refractivity contribution in [2.75, 3.05) is 20.1 Å². The fourth-order valence-corrected chi connectivity index (χ4v) is 1.22. The van der Waals surface area contributed by atoms with Gasteiger partial charge in [0, 0.05) is 32.6 Å². The fraction of sp³-hybridized carbons (Fsp3) is 0.846. The van der Waals surface area contributed by atoms with Crippen LogP contribution in [0.1, 0.15) is 40.5 Å². The summed E-state index contributed by atoms with van der Waals surface area (Å²) in [7, 11) is 1.74. The number of rotatable bonds is 7. The molecule has 5 heteroatoms. The molecule has 0 aliphatic carbocycles. The maximum atomic E-state index is 11.4. The highest BCUT2D eigenvalue weighted by Crippen LogP contribution is 1.98. The molecule has 106 valence electrons. The summed E-state index contributed by atoms with van der Waals surface area (Å²) in [6.45, 7) is 9.81. The van der Waals surface area contributed by atoms with Crippen molar-refractivity contribution in [3.8, 4) is 0 Å². The number of nitrogens with one attached hydrogen (secondary N) is 3. The van der Waals surface area contributed by atoms with Crippen LogP contribution in [0.4, 0.5) is 0 Å². The van der Waals surface area contributed by atoms with Gasteiger partial charge in [-0.3, -0.25) is 9.79 Å². The molecule has 1 amide bonds. The lowest BCUT2D eigenvalue weighted by atomic mass is 10.1. The van der Waals surface area contributed by atoms with Gasteiger partial charge in [0.2, 0.25) is 5.91 Å². The van der Waals surface area contributed by atoms with Crippen molar-refractivity contribution in [2.45, 2.75) is 46.6 Å². The van der Waals surface area contributed by atoms with Gasteiger partial charge in [-0.15, -0.1) is 0 Å². The highest BCUT2D eigenvalue weighted by Gasteiger charge is 2.08. The Bertz CT molecular complexity index is 264. The van der Waals surface area contributed by atoms with Crippen LogP contribution >= 0.6 is 0 Å². The molecule has 0 fully saturated rings. The summed E-state index contributed by atoms with van der Waals surface area (Å²) in [5.74, 6) is 1.37.